The van der Waals surface area contributed by atoms with Crippen molar-refractivity contribution in [1.29, 1.82) is 0 Å². The fourth-order valence-corrected chi connectivity index (χ4v) is 2.06. The molecule has 0 aromatic carbocycles. The Labute approximate surface area is 97.5 Å². The number of aryl methyl sites for hydroxylation is 1. The van der Waals surface area contributed by atoms with E-state index in [9.17, 15) is 13.2 Å². The molecule has 0 saturated carbocycles. The fourth-order valence-electron chi connectivity index (χ4n) is 2.06. The van der Waals surface area contributed by atoms with Gasteiger partial charge in [-0.2, -0.15) is 13.2 Å². The maximum absolute atomic E-state index is 12.6. The Morgan fingerprint density at radius 1 is 1.24 bits per heavy atom. The molecule has 1 aliphatic heterocycles. The second-order valence-corrected chi connectivity index (χ2v) is 4.25. The first kappa shape index (κ1) is 12.3. The average Bonchev–Trinajstić information content (AvgIpc) is 2.28. The molecule has 94 valence electrons. The summed E-state index contributed by atoms with van der Waals surface area (Å²) in [5.41, 5.74) is -0.315. The van der Waals surface area contributed by atoms with Gasteiger partial charge in [-0.15, -0.1) is 0 Å². The molecule has 2 rings (SSSR count). The molecule has 2 heterocycles. The van der Waals surface area contributed by atoms with E-state index in [1.807, 2.05) is 0 Å². The molecule has 0 spiro atoms. The molecule has 1 aliphatic rings. The summed E-state index contributed by atoms with van der Waals surface area (Å²) in [5, 5.41) is 3.18. The predicted octanol–water partition coefficient (Wildman–Crippen LogP) is 2.27. The molecule has 0 bridgehead atoms. The Bertz CT molecular complexity index is 397. The summed E-state index contributed by atoms with van der Waals surface area (Å²) in [6.07, 6.45) is -2.74. The van der Waals surface area contributed by atoms with Gasteiger partial charge in [0.1, 0.15) is 11.5 Å². The minimum Gasteiger partial charge on any atom is -0.317 e. The molecule has 0 radical (unpaired) electrons. The molecular weight excluding hydrogens is 231 g/mol. The second kappa shape index (κ2) is 4.60. The molecular formula is C11H14F3N3. The van der Waals surface area contributed by atoms with Crippen LogP contribution in [-0.2, 0) is 6.18 Å². The summed E-state index contributed by atoms with van der Waals surface area (Å²) >= 11 is 0. The van der Waals surface area contributed by atoms with E-state index in [0.717, 1.165) is 32.0 Å². The Hall–Kier alpha value is -1.17. The van der Waals surface area contributed by atoms with Gasteiger partial charge in [0, 0.05) is 11.6 Å². The maximum Gasteiger partial charge on any atom is 0.433 e. The van der Waals surface area contributed by atoms with Crippen LogP contribution in [0.4, 0.5) is 13.2 Å². The van der Waals surface area contributed by atoms with Gasteiger partial charge in [0.25, 0.3) is 0 Å². The number of aromatic nitrogens is 2. The zero-order valence-electron chi connectivity index (χ0n) is 9.51. The van der Waals surface area contributed by atoms with Crippen LogP contribution in [0.3, 0.4) is 0 Å². The Balaban J connectivity index is 2.31. The topological polar surface area (TPSA) is 37.8 Å². The third-order valence-electron chi connectivity index (χ3n) is 2.91. The van der Waals surface area contributed by atoms with E-state index in [2.05, 4.69) is 15.3 Å². The van der Waals surface area contributed by atoms with Gasteiger partial charge in [-0.1, -0.05) is 0 Å². The van der Waals surface area contributed by atoms with E-state index < -0.39 is 11.9 Å². The molecule has 17 heavy (non-hydrogen) atoms. The Morgan fingerprint density at radius 3 is 2.47 bits per heavy atom. The largest absolute Gasteiger partial charge is 0.433 e. The molecule has 0 unspecified atom stereocenters. The standard InChI is InChI=1S/C11H14F3N3/c1-7-16-9(8-2-4-15-5-3-8)6-10(17-7)11(12,13)14/h6,8,15H,2-5H2,1H3. The monoisotopic (exact) mass is 245 g/mol. The zero-order valence-corrected chi connectivity index (χ0v) is 9.51. The minimum atomic E-state index is -4.39. The van der Waals surface area contributed by atoms with Crippen molar-refractivity contribution >= 4 is 0 Å². The lowest BCUT2D eigenvalue weighted by Crippen LogP contribution is -2.27. The van der Waals surface area contributed by atoms with Gasteiger partial charge in [-0.05, 0) is 38.9 Å². The van der Waals surface area contributed by atoms with E-state index in [1.54, 1.807) is 0 Å². The van der Waals surface area contributed by atoms with Crippen molar-refractivity contribution in [2.45, 2.75) is 31.9 Å². The lowest BCUT2D eigenvalue weighted by Gasteiger charge is -2.22. The number of rotatable bonds is 1. The lowest BCUT2D eigenvalue weighted by molar-refractivity contribution is -0.141. The maximum atomic E-state index is 12.6. The molecule has 6 heteroatoms. The summed E-state index contributed by atoms with van der Waals surface area (Å²) in [6, 6.07) is 1.09. The molecule has 1 aromatic rings. The number of nitrogens with one attached hydrogen (secondary N) is 1. The van der Waals surface area contributed by atoms with E-state index in [4.69, 9.17) is 0 Å². The number of piperidine rings is 1. The number of nitrogens with zero attached hydrogens (tertiary/aromatic N) is 2. The van der Waals surface area contributed by atoms with E-state index >= 15 is 0 Å². The van der Waals surface area contributed by atoms with Crippen molar-refractivity contribution in [3.63, 3.8) is 0 Å². The van der Waals surface area contributed by atoms with Crippen LogP contribution in [0, 0.1) is 6.92 Å². The van der Waals surface area contributed by atoms with Crippen LogP contribution in [0.2, 0.25) is 0 Å². The molecule has 0 atom stereocenters. The minimum absolute atomic E-state index is 0.110. The van der Waals surface area contributed by atoms with Gasteiger partial charge in [0.2, 0.25) is 0 Å². The van der Waals surface area contributed by atoms with Crippen LogP contribution in [0.1, 0.15) is 36.0 Å². The summed E-state index contributed by atoms with van der Waals surface area (Å²) < 4.78 is 37.8. The van der Waals surface area contributed by atoms with Crippen molar-refractivity contribution in [3.8, 4) is 0 Å². The van der Waals surface area contributed by atoms with Crippen LogP contribution >= 0.6 is 0 Å². The highest BCUT2D eigenvalue weighted by molar-refractivity contribution is 5.17. The van der Waals surface area contributed by atoms with Crippen molar-refractivity contribution in [1.82, 2.24) is 15.3 Å². The first-order valence-corrected chi connectivity index (χ1v) is 5.60. The third-order valence-corrected chi connectivity index (χ3v) is 2.91. The van der Waals surface area contributed by atoms with Crippen molar-refractivity contribution < 1.29 is 13.2 Å². The molecule has 1 saturated heterocycles. The highest BCUT2D eigenvalue weighted by Crippen LogP contribution is 2.31. The highest BCUT2D eigenvalue weighted by atomic mass is 19.4. The van der Waals surface area contributed by atoms with E-state index in [1.165, 1.54) is 6.92 Å². The molecule has 3 nitrogen and oxygen atoms in total. The molecule has 0 amide bonds. The van der Waals surface area contributed by atoms with Crippen molar-refractivity contribution in [2.24, 2.45) is 0 Å². The van der Waals surface area contributed by atoms with Crippen LogP contribution in [-0.4, -0.2) is 23.1 Å². The number of halogens is 3. The van der Waals surface area contributed by atoms with Gasteiger partial charge in [-0.3, -0.25) is 0 Å². The van der Waals surface area contributed by atoms with Crippen LogP contribution in [0.5, 0.6) is 0 Å². The van der Waals surface area contributed by atoms with Gasteiger partial charge < -0.3 is 5.32 Å². The van der Waals surface area contributed by atoms with Gasteiger partial charge >= 0.3 is 6.18 Å². The average molecular weight is 245 g/mol. The second-order valence-electron chi connectivity index (χ2n) is 4.25. The fraction of sp³-hybridized carbons (Fsp3) is 0.636. The lowest BCUT2D eigenvalue weighted by atomic mass is 9.94. The van der Waals surface area contributed by atoms with E-state index in [0.29, 0.717) is 5.69 Å². The number of alkyl halides is 3. The number of hydrogen-bond acceptors (Lipinski definition) is 3. The first-order valence-electron chi connectivity index (χ1n) is 5.60. The third kappa shape index (κ3) is 2.94. The predicted molar refractivity (Wildman–Crippen MR) is 56.6 cm³/mol. The normalized spacial score (nSPS) is 18.4. The highest BCUT2D eigenvalue weighted by Gasteiger charge is 2.34. The van der Waals surface area contributed by atoms with Crippen molar-refractivity contribution in [3.05, 3.63) is 23.3 Å². The van der Waals surface area contributed by atoms with Crippen LogP contribution in [0.25, 0.3) is 0 Å². The quantitative estimate of drug-likeness (QED) is 0.824. The van der Waals surface area contributed by atoms with E-state index in [-0.39, 0.29) is 11.7 Å². The first-order chi connectivity index (χ1) is 7.97. The summed E-state index contributed by atoms with van der Waals surface area (Å²) in [5.74, 6) is 0.299. The smallest absolute Gasteiger partial charge is 0.317 e. The van der Waals surface area contributed by atoms with Crippen LogP contribution in [0.15, 0.2) is 6.07 Å². The molecule has 1 aromatic heterocycles. The molecule has 1 fully saturated rings. The van der Waals surface area contributed by atoms with Crippen molar-refractivity contribution in [2.75, 3.05) is 13.1 Å². The number of hydrogen-bond donors (Lipinski definition) is 1. The van der Waals surface area contributed by atoms with Gasteiger partial charge in [0.15, 0.2) is 0 Å². The molecule has 0 aliphatic carbocycles. The van der Waals surface area contributed by atoms with Crippen LogP contribution < -0.4 is 5.32 Å². The summed E-state index contributed by atoms with van der Waals surface area (Å²) in [6.45, 7) is 3.16. The zero-order chi connectivity index (χ0) is 12.5. The SMILES string of the molecule is Cc1nc(C2CCNCC2)cc(C(F)(F)F)n1. The molecule has 1 N–H and O–H groups in total. The van der Waals surface area contributed by atoms with Gasteiger partial charge in [0.05, 0.1) is 0 Å². The Kier molecular flexibility index (Phi) is 3.33. The van der Waals surface area contributed by atoms with Gasteiger partial charge in [-0.25, -0.2) is 9.97 Å². The Morgan fingerprint density at radius 2 is 1.88 bits per heavy atom. The summed E-state index contributed by atoms with van der Waals surface area (Å²) in [4.78, 5) is 7.58. The summed E-state index contributed by atoms with van der Waals surface area (Å²) in [7, 11) is 0.